The van der Waals surface area contributed by atoms with E-state index in [9.17, 15) is 13.2 Å². The fourth-order valence-corrected chi connectivity index (χ4v) is 2.03. The summed E-state index contributed by atoms with van der Waals surface area (Å²) in [5.74, 6) is -0.0763. The quantitative estimate of drug-likeness (QED) is 0.776. The van der Waals surface area contributed by atoms with E-state index >= 15 is 0 Å². The van der Waals surface area contributed by atoms with E-state index in [0.29, 0.717) is 13.2 Å². The van der Waals surface area contributed by atoms with Gasteiger partial charge in [-0.15, -0.1) is 0 Å². The zero-order chi connectivity index (χ0) is 12.9. The van der Waals surface area contributed by atoms with E-state index in [1.807, 2.05) is 13.8 Å². The third-order valence-corrected chi connectivity index (χ3v) is 2.90. The monoisotopic (exact) mass is 273 g/mol. The summed E-state index contributed by atoms with van der Waals surface area (Å²) >= 11 is -0.0615. The minimum Gasteiger partial charge on any atom is -0.378 e. The molecule has 17 heavy (non-hydrogen) atoms. The van der Waals surface area contributed by atoms with E-state index in [1.54, 1.807) is 0 Å². The van der Waals surface area contributed by atoms with Gasteiger partial charge in [-0.2, -0.15) is 13.2 Å². The molecule has 0 amide bonds. The molecule has 0 aromatic heterocycles. The Morgan fingerprint density at radius 1 is 1.47 bits per heavy atom. The van der Waals surface area contributed by atoms with Crippen LogP contribution in [0.15, 0.2) is 0 Å². The molecule has 7 heteroatoms. The van der Waals surface area contributed by atoms with Crippen molar-refractivity contribution in [2.24, 2.45) is 0 Å². The van der Waals surface area contributed by atoms with Gasteiger partial charge in [0.25, 0.3) is 0 Å². The second kappa shape index (κ2) is 6.26. The fourth-order valence-electron chi connectivity index (χ4n) is 1.59. The molecule has 1 saturated heterocycles. The SMILES string of the molecule is CC1(C)CNCC(COCCSC(F)(F)F)O1. The van der Waals surface area contributed by atoms with Crippen LogP contribution in [0.3, 0.4) is 0 Å². The van der Waals surface area contributed by atoms with Crippen LogP contribution < -0.4 is 5.32 Å². The van der Waals surface area contributed by atoms with Gasteiger partial charge in [-0.05, 0) is 25.6 Å². The van der Waals surface area contributed by atoms with Crippen LogP contribution in [0.25, 0.3) is 0 Å². The Labute approximate surface area is 103 Å². The summed E-state index contributed by atoms with van der Waals surface area (Å²) < 4.78 is 46.3. The molecular weight excluding hydrogens is 255 g/mol. The van der Waals surface area contributed by atoms with Crippen molar-refractivity contribution in [3.8, 4) is 0 Å². The average molecular weight is 273 g/mol. The van der Waals surface area contributed by atoms with Gasteiger partial charge < -0.3 is 14.8 Å². The fraction of sp³-hybridized carbons (Fsp3) is 1.00. The Morgan fingerprint density at radius 3 is 2.76 bits per heavy atom. The molecule has 0 radical (unpaired) electrons. The maximum absolute atomic E-state index is 11.8. The van der Waals surface area contributed by atoms with Crippen molar-refractivity contribution in [2.45, 2.75) is 31.1 Å². The molecule has 0 aromatic rings. The topological polar surface area (TPSA) is 30.5 Å². The minimum atomic E-state index is -4.17. The van der Waals surface area contributed by atoms with E-state index in [0.717, 1.165) is 6.54 Å². The van der Waals surface area contributed by atoms with Crippen molar-refractivity contribution in [1.29, 1.82) is 0 Å². The smallest absolute Gasteiger partial charge is 0.378 e. The lowest BCUT2D eigenvalue weighted by Gasteiger charge is -2.36. The summed E-state index contributed by atoms with van der Waals surface area (Å²) in [7, 11) is 0. The largest absolute Gasteiger partial charge is 0.441 e. The van der Waals surface area contributed by atoms with E-state index in [-0.39, 0.29) is 35.8 Å². The van der Waals surface area contributed by atoms with Crippen LogP contribution in [-0.2, 0) is 9.47 Å². The second-order valence-electron chi connectivity index (χ2n) is 4.50. The van der Waals surface area contributed by atoms with Gasteiger partial charge in [-0.3, -0.25) is 0 Å². The molecule has 0 aromatic carbocycles. The van der Waals surface area contributed by atoms with E-state index in [2.05, 4.69) is 5.32 Å². The second-order valence-corrected chi connectivity index (χ2v) is 5.66. The van der Waals surface area contributed by atoms with Crippen LogP contribution in [0.1, 0.15) is 13.8 Å². The lowest BCUT2D eigenvalue weighted by molar-refractivity contribution is -0.119. The van der Waals surface area contributed by atoms with E-state index in [4.69, 9.17) is 9.47 Å². The van der Waals surface area contributed by atoms with Crippen molar-refractivity contribution in [1.82, 2.24) is 5.32 Å². The molecule has 102 valence electrons. The third-order valence-electron chi connectivity index (χ3n) is 2.21. The molecule has 1 heterocycles. The van der Waals surface area contributed by atoms with Crippen molar-refractivity contribution < 1.29 is 22.6 Å². The molecule has 1 N–H and O–H groups in total. The molecule has 1 rings (SSSR count). The molecule has 1 aliphatic heterocycles. The van der Waals surface area contributed by atoms with Crippen LogP contribution in [0, 0.1) is 0 Å². The molecule has 0 saturated carbocycles. The Bertz CT molecular complexity index is 236. The predicted molar refractivity (Wildman–Crippen MR) is 61.2 cm³/mol. The predicted octanol–water partition coefficient (Wildman–Crippen LogP) is 2.02. The average Bonchev–Trinajstić information content (AvgIpc) is 2.13. The van der Waals surface area contributed by atoms with Gasteiger partial charge in [-0.25, -0.2) is 0 Å². The summed E-state index contributed by atoms with van der Waals surface area (Å²) in [5.41, 5.74) is -4.42. The number of nitrogens with one attached hydrogen (secondary N) is 1. The Morgan fingerprint density at radius 2 is 2.18 bits per heavy atom. The molecule has 0 spiro atoms. The number of thioether (sulfide) groups is 1. The summed E-state index contributed by atoms with van der Waals surface area (Å²) in [4.78, 5) is 0. The molecule has 0 aliphatic carbocycles. The number of hydrogen-bond donors (Lipinski definition) is 1. The summed E-state index contributed by atoms with van der Waals surface area (Å²) in [5, 5.41) is 3.20. The van der Waals surface area contributed by atoms with Crippen LogP contribution in [0.4, 0.5) is 13.2 Å². The normalized spacial score (nSPS) is 24.9. The minimum absolute atomic E-state index is 0.0615. The van der Waals surface area contributed by atoms with E-state index in [1.165, 1.54) is 0 Å². The first-order valence-corrected chi connectivity index (χ1v) is 6.44. The zero-order valence-electron chi connectivity index (χ0n) is 9.97. The highest BCUT2D eigenvalue weighted by atomic mass is 32.2. The molecule has 1 atom stereocenters. The van der Waals surface area contributed by atoms with Gasteiger partial charge in [0, 0.05) is 18.8 Å². The highest BCUT2D eigenvalue weighted by molar-refractivity contribution is 8.00. The number of hydrogen-bond acceptors (Lipinski definition) is 4. The molecule has 1 aliphatic rings. The van der Waals surface area contributed by atoms with Crippen LogP contribution in [0.5, 0.6) is 0 Å². The summed E-state index contributed by atoms with van der Waals surface area (Å²) in [6.07, 6.45) is -0.0883. The van der Waals surface area contributed by atoms with Crippen molar-refractivity contribution in [2.75, 3.05) is 32.1 Å². The molecule has 3 nitrogen and oxygen atoms in total. The number of alkyl halides is 3. The van der Waals surface area contributed by atoms with Gasteiger partial charge >= 0.3 is 5.51 Å². The Hall–Kier alpha value is 0.0200. The first kappa shape index (κ1) is 15.1. The lowest BCUT2D eigenvalue weighted by atomic mass is 10.1. The molecule has 0 bridgehead atoms. The number of ether oxygens (including phenoxy) is 2. The number of morpholine rings is 1. The first-order valence-electron chi connectivity index (χ1n) is 5.45. The van der Waals surface area contributed by atoms with Gasteiger partial charge in [-0.1, -0.05) is 0 Å². The number of rotatable bonds is 5. The van der Waals surface area contributed by atoms with E-state index < -0.39 is 5.51 Å². The maximum atomic E-state index is 11.8. The van der Waals surface area contributed by atoms with Gasteiger partial charge in [0.2, 0.25) is 0 Å². The third kappa shape index (κ3) is 7.13. The van der Waals surface area contributed by atoms with Crippen molar-refractivity contribution in [3.05, 3.63) is 0 Å². The summed E-state index contributed by atoms with van der Waals surface area (Å²) in [6.45, 7) is 5.79. The maximum Gasteiger partial charge on any atom is 0.441 e. The highest BCUT2D eigenvalue weighted by Gasteiger charge is 2.29. The standard InChI is InChI=1S/C10H18F3NO2S/c1-9(2)7-14-5-8(16-9)6-15-3-4-17-10(11,12)13/h8,14H,3-7H2,1-2H3. The first-order chi connectivity index (χ1) is 7.79. The lowest BCUT2D eigenvalue weighted by Crippen LogP contribution is -2.51. The molecule has 1 unspecified atom stereocenters. The van der Waals surface area contributed by atoms with Crippen LogP contribution in [-0.4, -0.2) is 49.3 Å². The molecule has 1 fully saturated rings. The molecular formula is C10H18F3NO2S. The Balaban J connectivity index is 2.07. The van der Waals surface area contributed by atoms with Crippen LogP contribution in [0.2, 0.25) is 0 Å². The van der Waals surface area contributed by atoms with Crippen LogP contribution >= 0.6 is 11.8 Å². The zero-order valence-corrected chi connectivity index (χ0v) is 10.8. The van der Waals surface area contributed by atoms with Gasteiger partial charge in [0.15, 0.2) is 0 Å². The van der Waals surface area contributed by atoms with Gasteiger partial charge in [0.05, 0.1) is 24.9 Å². The summed E-state index contributed by atoms with van der Waals surface area (Å²) in [6, 6.07) is 0. The highest BCUT2D eigenvalue weighted by Crippen LogP contribution is 2.29. The van der Waals surface area contributed by atoms with Crippen molar-refractivity contribution in [3.63, 3.8) is 0 Å². The Kier molecular flexibility index (Phi) is 5.56. The van der Waals surface area contributed by atoms with Gasteiger partial charge in [0.1, 0.15) is 0 Å². The van der Waals surface area contributed by atoms with Crippen molar-refractivity contribution >= 4 is 11.8 Å². The number of halogens is 3.